The van der Waals surface area contributed by atoms with Crippen molar-refractivity contribution < 1.29 is 18.9 Å². The Morgan fingerprint density at radius 3 is 2.69 bits per heavy atom. The Hall–Kier alpha value is -0.970. The summed E-state index contributed by atoms with van der Waals surface area (Å²) in [5.74, 6) is 1.35. The molecule has 2 aliphatic heterocycles. The quantitative estimate of drug-likeness (QED) is 0.758. The molecule has 1 aromatic rings. The van der Waals surface area contributed by atoms with Crippen molar-refractivity contribution in [3.8, 4) is 11.5 Å². The Morgan fingerprint density at radius 1 is 1.25 bits per heavy atom. The summed E-state index contributed by atoms with van der Waals surface area (Å²) >= 11 is 6.14. The molecule has 1 fully saturated rings. The third kappa shape index (κ3) is 1.63. The van der Waals surface area contributed by atoms with Crippen LogP contribution >= 0.6 is 11.6 Å². The van der Waals surface area contributed by atoms with Crippen LogP contribution in [0.3, 0.4) is 0 Å². The minimum Gasteiger partial charge on any atom is -0.454 e. The number of fused-ring (bicyclic) bond motifs is 1. The van der Waals surface area contributed by atoms with E-state index in [1.54, 1.807) is 6.07 Å². The summed E-state index contributed by atoms with van der Waals surface area (Å²) in [7, 11) is 0. The predicted molar refractivity (Wildman–Crippen MR) is 56.8 cm³/mol. The highest BCUT2D eigenvalue weighted by Crippen LogP contribution is 2.41. The molecule has 1 aromatic carbocycles. The smallest absolute Gasteiger partial charge is 0.231 e. The topological polar surface area (TPSA) is 36.9 Å². The van der Waals surface area contributed by atoms with E-state index < -0.39 is 6.29 Å². The van der Waals surface area contributed by atoms with Crippen molar-refractivity contribution in [3.05, 3.63) is 22.7 Å². The molecule has 0 saturated carbocycles. The monoisotopic (exact) mass is 242 g/mol. The Morgan fingerprint density at radius 2 is 2.00 bits per heavy atom. The van der Waals surface area contributed by atoms with Crippen LogP contribution in [0, 0.1) is 0 Å². The summed E-state index contributed by atoms with van der Waals surface area (Å²) in [6.07, 6.45) is -0.316. The molecule has 2 aliphatic rings. The number of benzene rings is 1. The second-order valence-electron chi connectivity index (χ2n) is 3.84. The molecule has 0 aliphatic carbocycles. The van der Waals surface area contributed by atoms with Crippen molar-refractivity contribution in [2.24, 2.45) is 0 Å². The lowest BCUT2D eigenvalue weighted by Gasteiger charge is -2.12. The molecule has 3 rings (SSSR count). The third-order valence-electron chi connectivity index (χ3n) is 2.58. The zero-order chi connectivity index (χ0) is 11.1. The van der Waals surface area contributed by atoms with E-state index in [0.29, 0.717) is 23.1 Å². The maximum atomic E-state index is 6.14. The zero-order valence-electron chi connectivity index (χ0n) is 8.73. The fraction of sp³-hybridized carbons (Fsp3) is 0.455. The van der Waals surface area contributed by atoms with Gasteiger partial charge in [-0.3, -0.25) is 0 Å². The van der Waals surface area contributed by atoms with Crippen molar-refractivity contribution in [1.82, 2.24) is 0 Å². The lowest BCUT2D eigenvalue weighted by Crippen LogP contribution is -2.03. The summed E-state index contributed by atoms with van der Waals surface area (Å²) in [6, 6.07) is 3.54. The zero-order valence-corrected chi connectivity index (χ0v) is 9.49. The second-order valence-corrected chi connectivity index (χ2v) is 4.25. The minimum atomic E-state index is -0.406. The van der Waals surface area contributed by atoms with Gasteiger partial charge in [0.25, 0.3) is 0 Å². The van der Waals surface area contributed by atoms with Gasteiger partial charge in [0.2, 0.25) is 6.79 Å². The average molecular weight is 243 g/mol. The van der Waals surface area contributed by atoms with Crippen molar-refractivity contribution in [2.75, 3.05) is 13.4 Å². The first-order valence-corrected chi connectivity index (χ1v) is 5.48. The number of halogens is 1. The standard InChI is InChI=1S/C11H11ClO4/c1-6-4-13-11(16-6)7-2-9-10(3-8(7)12)15-5-14-9/h2-3,6,11H,4-5H2,1H3/t6-,11+/m0/s1. The first-order chi connectivity index (χ1) is 7.74. The van der Waals surface area contributed by atoms with Gasteiger partial charge in [0.15, 0.2) is 17.8 Å². The lowest BCUT2D eigenvalue weighted by molar-refractivity contribution is -0.0572. The van der Waals surface area contributed by atoms with Gasteiger partial charge in [0.05, 0.1) is 17.7 Å². The molecule has 86 valence electrons. The van der Waals surface area contributed by atoms with Crippen LogP contribution < -0.4 is 9.47 Å². The van der Waals surface area contributed by atoms with E-state index >= 15 is 0 Å². The van der Waals surface area contributed by atoms with Crippen LogP contribution in [0.25, 0.3) is 0 Å². The van der Waals surface area contributed by atoms with Gasteiger partial charge in [-0.15, -0.1) is 0 Å². The van der Waals surface area contributed by atoms with Gasteiger partial charge in [-0.1, -0.05) is 11.6 Å². The van der Waals surface area contributed by atoms with Crippen LogP contribution in [0.15, 0.2) is 12.1 Å². The molecule has 0 amide bonds. The van der Waals surface area contributed by atoms with Crippen molar-refractivity contribution >= 4 is 11.6 Å². The average Bonchev–Trinajstić information content (AvgIpc) is 2.84. The van der Waals surface area contributed by atoms with E-state index in [0.717, 1.165) is 5.56 Å². The molecule has 0 aromatic heterocycles. The van der Waals surface area contributed by atoms with Gasteiger partial charge in [-0.2, -0.15) is 0 Å². The molecule has 0 radical (unpaired) electrons. The molecule has 0 spiro atoms. The Balaban J connectivity index is 1.95. The molecule has 0 bridgehead atoms. The molecule has 16 heavy (non-hydrogen) atoms. The van der Waals surface area contributed by atoms with E-state index in [9.17, 15) is 0 Å². The van der Waals surface area contributed by atoms with Crippen molar-refractivity contribution in [2.45, 2.75) is 19.3 Å². The molecular formula is C11H11ClO4. The van der Waals surface area contributed by atoms with E-state index in [2.05, 4.69) is 0 Å². The van der Waals surface area contributed by atoms with E-state index in [4.69, 9.17) is 30.5 Å². The molecule has 1 saturated heterocycles. The highest BCUT2D eigenvalue weighted by molar-refractivity contribution is 6.31. The van der Waals surface area contributed by atoms with E-state index in [1.807, 2.05) is 13.0 Å². The van der Waals surface area contributed by atoms with Gasteiger partial charge in [-0.05, 0) is 13.0 Å². The minimum absolute atomic E-state index is 0.0893. The van der Waals surface area contributed by atoms with Crippen LogP contribution in [0.5, 0.6) is 11.5 Å². The third-order valence-corrected chi connectivity index (χ3v) is 2.91. The van der Waals surface area contributed by atoms with Crippen LogP contribution in [0.1, 0.15) is 18.8 Å². The first-order valence-electron chi connectivity index (χ1n) is 5.10. The predicted octanol–water partition coefficient (Wildman–Crippen LogP) is 2.50. The largest absolute Gasteiger partial charge is 0.454 e. The fourth-order valence-electron chi connectivity index (χ4n) is 1.79. The summed E-state index contributed by atoms with van der Waals surface area (Å²) in [5.41, 5.74) is 0.787. The first kappa shape index (κ1) is 10.2. The van der Waals surface area contributed by atoms with E-state index in [1.165, 1.54) is 0 Å². The molecule has 2 atom stereocenters. The normalized spacial score (nSPS) is 27.4. The Kier molecular flexibility index (Phi) is 2.42. The second kappa shape index (κ2) is 3.80. The Labute approximate surface area is 98.0 Å². The number of rotatable bonds is 1. The van der Waals surface area contributed by atoms with Crippen LogP contribution in [-0.2, 0) is 9.47 Å². The molecular weight excluding hydrogens is 232 g/mol. The Bertz CT molecular complexity index is 421. The molecule has 0 unspecified atom stereocenters. The summed E-state index contributed by atoms with van der Waals surface area (Å²) in [5, 5.41) is 0.573. The van der Waals surface area contributed by atoms with E-state index in [-0.39, 0.29) is 12.9 Å². The number of hydrogen-bond donors (Lipinski definition) is 0. The van der Waals surface area contributed by atoms with Gasteiger partial charge < -0.3 is 18.9 Å². The van der Waals surface area contributed by atoms with Gasteiger partial charge >= 0.3 is 0 Å². The highest BCUT2D eigenvalue weighted by atomic mass is 35.5. The molecule has 2 heterocycles. The van der Waals surface area contributed by atoms with Crippen LogP contribution in [0.4, 0.5) is 0 Å². The van der Waals surface area contributed by atoms with Crippen molar-refractivity contribution in [1.29, 1.82) is 0 Å². The van der Waals surface area contributed by atoms with Gasteiger partial charge in [0, 0.05) is 11.6 Å². The molecule has 4 nitrogen and oxygen atoms in total. The molecule has 0 N–H and O–H groups in total. The van der Waals surface area contributed by atoms with Crippen LogP contribution in [0.2, 0.25) is 5.02 Å². The SMILES string of the molecule is C[C@H]1CO[C@@H](c2cc3c(cc2Cl)OCO3)O1. The van der Waals surface area contributed by atoms with Crippen LogP contribution in [-0.4, -0.2) is 19.5 Å². The lowest BCUT2D eigenvalue weighted by atomic mass is 10.2. The summed E-state index contributed by atoms with van der Waals surface area (Å²) < 4.78 is 21.6. The maximum absolute atomic E-state index is 6.14. The summed E-state index contributed by atoms with van der Waals surface area (Å²) in [4.78, 5) is 0. The number of hydrogen-bond acceptors (Lipinski definition) is 4. The van der Waals surface area contributed by atoms with Gasteiger partial charge in [0.1, 0.15) is 0 Å². The number of ether oxygens (including phenoxy) is 4. The van der Waals surface area contributed by atoms with Gasteiger partial charge in [-0.25, -0.2) is 0 Å². The highest BCUT2D eigenvalue weighted by Gasteiger charge is 2.28. The fourth-order valence-corrected chi connectivity index (χ4v) is 2.03. The van der Waals surface area contributed by atoms with Crippen molar-refractivity contribution in [3.63, 3.8) is 0 Å². The molecule has 5 heteroatoms. The summed E-state index contributed by atoms with van der Waals surface area (Å²) in [6.45, 7) is 2.77. The maximum Gasteiger partial charge on any atom is 0.231 e.